The molecule has 8 nitrogen and oxygen atoms in total. The number of ether oxygens (including phenoxy) is 1. The highest BCUT2D eigenvalue weighted by atomic mass is 79.9. The van der Waals surface area contributed by atoms with Crippen LogP contribution in [0.2, 0.25) is 0 Å². The van der Waals surface area contributed by atoms with Crippen molar-refractivity contribution in [2.75, 3.05) is 18.0 Å². The van der Waals surface area contributed by atoms with E-state index in [1.165, 1.54) is 24.1 Å². The van der Waals surface area contributed by atoms with E-state index < -0.39 is 34.1 Å². The van der Waals surface area contributed by atoms with Crippen molar-refractivity contribution in [1.82, 2.24) is 10.2 Å². The number of anilines is 1. The van der Waals surface area contributed by atoms with E-state index in [4.69, 9.17) is 4.74 Å². The first-order chi connectivity index (χ1) is 18.3. The number of amides is 2. The zero-order chi connectivity index (χ0) is 28.8. The molecule has 3 rings (SSSR count). The van der Waals surface area contributed by atoms with Crippen LogP contribution in [0.1, 0.15) is 33.3 Å². The van der Waals surface area contributed by atoms with Gasteiger partial charge in [0.25, 0.3) is 10.0 Å². The summed E-state index contributed by atoms with van der Waals surface area (Å²) in [6.07, 6.45) is 0. The van der Waals surface area contributed by atoms with Crippen LogP contribution >= 0.6 is 15.9 Å². The van der Waals surface area contributed by atoms with E-state index in [0.29, 0.717) is 11.4 Å². The Morgan fingerprint density at radius 3 is 2.18 bits per heavy atom. The third-order valence-corrected chi connectivity index (χ3v) is 8.16. The van der Waals surface area contributed by atoms with Crippen LogP contribution in [0.3, 0.4) is 0 Å². The average molecular weight is 617 g/mol. The Labute approximate surface area is 239 Å². The number of hydrogen-bond acceptors (Lipinski definition) is 5. The fraction of sp³-hybridized carbons (Fsp3) is 0.310. The van der Waals surface area contributed by atoms with Gasteiger partial charge in [-0.05, 0) is 81.8 Å². The fourth-order valence-electron chi connectivity index (χ4n) is 3.89. The quantitative estimate of drug-likeness (QED) is 0.347. The molecule has 0 spiro atoms. The molecule has 0 radical (unpaired) electrons. The Hall–Kier alpha value is -3.37. The van der Waals surface area contributed by atoms with Crippen LogP contribution in [0.15, 0.2) is 88.2 Å². The second-order valence-corrected chi connectivity index (χ2v) is 12.9. The molecule has 1 unspecified atom stereocenters. The van der Waals surface area contributed by atoms with Crippen molar-refractivity contribution in [3.63, 3.8) is 0 Å². The molecule has 2 amide bonds. The molecule has 0 bridgehead atoms. The van der Waals surface area contributed by atoms with Gasteiger partial charge in [-0.15, -0.1) is 0 Å². The number of benzene rings is 3. The normalized spacial score (nSPS) is 12.4. The van der Waals surface area contributed by atoms with Gasteiger partial charge in [0.1, 0.15) is 18.3 Å². The highest BCUT2D eigenvalue weighted by molar-refractivity contribution is 9.10. The number of carbonyl (C=O) groups excluding carboxylic acids is 2. The van der Waals surface area contributed by atoms with Gasteiger partial charge in [-0.2, -0.15) is 0 Å². The Morgan fingerprint density at radius 1 is 0.974 bits per heavy atom. The van der Waals surface area contributed by atoms with E-state index in [0.717, 1.165) is 14.3 Å². The number of sulfonamides is 1. The van der Waals surface area contributed by atoms with Gasteiger partial charge in [0.05, 0.1) is 17.7 Å². The lowest BCUT2D eigenvalue weighted by molar-refractivity contribution is -0.140. The van der Waals surface area contributed by atoms with Gasteiger partial charge in [-0.25, -0.2) is 8.42 Å². The lowest BCUT2D eigenvalue weighted by Crippen LogP contribution is -2.54. The number of carbonyl (C=O) groups is 2. The molecule has 0 saturated heterocycles. The van der Waals surface area contributed by atoms with Crippen molar-refractivity contribution < 1.29 is 22.7 Å². The van der Waals surface area contributed by atoms with Crippen LogP contribution in [0, 0.1) is 0 Å². The molecule has 0 aliphatic heterocycles. The molecule has 0 heterocycles. The first-order valence-corrected chi connectivity index (χ1v) is 14.6. The SMILES string of the molecule is COc1ccc(S(=O)(=O)N(CC(=O)N(Cc2cccc(Br)c2)C(C)C(=O)NC(C)(C)C)c2ccccc2)cc1. The van der Waals surface area contributed by atoms with Crippen molar-refractivity contribution >= 4 is 43.5 Å². The van der Waals surface area contributed by atoms with Crippen molar-refractivity contribution in [3.8, 4) is 5.75 Å². The predicted molar refractivity (Wildman–Crippen MR) is 156 cm³/mol. The maximum absolute atomic E-state index is 13.9. The molecule has 0 aromatic heterocycles. The van der Waals surface area contributed by atoms with Gasteiger partial charge < -0.3 is 15.0 Å². The summed E-state index contributed by atoms with van der Waals surface area (Å²) in [6.45, 7) is 6.83. The number of rotatable bonds is 10. The van der Waals surface area contributed by atoms with Crippen molar-refractivity contribution in [1.29, 1.82) is 0 Å². The van der Waals surface area contributed by atoms with Crippen LogP contribution in [0.5, 0.6) is 5.75 Å². The zero-order valence-corrected chi connectivity index (χ0v) is 25.1. The summed E-state index contributed by atoms with van der Waals surface area (Å²) in [6, 6.07) is 21.0. The summed E-state index contributed by atoms with van der Waals surface area (Å²) >= 11 is 3.45. The van der Waals surface area contributed by atoms with Crippen molar-refractivity contribution in [3.05, 3.63) is 88.9 Å². The second kappa shape index (κ2) is 12.7. The first-order valence-electron chi connectivity index (χ1n) is 12.4. The van der Waals surface area contributed by atoms with Crippen molar-refractivity contribution in [2.24, 2.45) is 0 Å². The van der Waals surface area contributed by atoms with Crippen LogP contribution in [0.25, 0.3) is 0 Å². The maximum atomic E-state index is 13.9. The number of methoxy groups -OCH3 is 1. The van der Waals surface area contributed by atoms with Crippen LogP contribution in [-0.4, -0.2) is 50.4 Å². The third kappa shape index (κ3) is 8.06. The molecule has 3 aromatic carbocycles. The largest absolute Gasteiger partial charge is 0.497 e. The zero-order valence-electron chi connectivity index (χ0n) is 22.7. The average Bonchev–Trinajstić information content (AvgIpc) is 2.89. The summed E-state index contributed by atoms with van der Waals surface area (Å²) in [5.41, 5.74) is 0.608. The minimum absolute atomic E-state index is 0.0111. The standard InChI is InChI=1S/C29H34BrN3O5S/c1-21(28(35)31-29(2,3)4)32(19-22-10-9-11-23(30)18-22)27(34)20-33(24-12-7-6-8-13-24)39(36,37)26-16-14-25(38-5)15-17-26/h6-18,21H,19-20H2,1-5H3,(H,31,35). The molecule has 0 saturated carbocycles. The smallest absolute Gasteiger partial charge is 0.264 e. The topological polar surface area (TPSA) is 96.0 Å². The molecule has 1 atom stereocenters. The minimum atomic E-state index is -4.14. The lowest BCUT2D eigenvalue weighted by atomic mass is 10.1. The molecule has 0 aliphatic carbocycles. The Bertz CT molecular complexity index is 1390. The number of hydrogen-bond donors (Lipinski definition) is 1. The Kier molecular flexibility index (Phi) is 9.79. The number of nitrogens with zero attached hydrogens (tertiary/aromatic N) is 2. The van der Waals surface area contributed by atoms with Crippen molar-refractivity contribution in [2.45, 2.75) is 50.7 Å². The molecule has 3 aromatic rings. The van der Waals surface area contributed by atoms with Crippen LogP contribution in [-0.2, 0) is 26.2 Å². The summed E-state index contributed by atoms with van der Waals surface area (Å²) in [7, 11) is -2.64. The fourth-order valence-corrected chi connectivity index (χ4v) is 5.75. The number of halogens is 1. The van der Waals surface area contributed by atoms with Gasteiger partial charge in [-0.1, -0.05) is 46.3 Å². The van der Waals surface area contributed by atoms with Gasteiger partial charge in [0.15, 0.2) is 0 Å². The number of nitrogens with one attached hydrogen (secondary N) is 1. The summed E-state index contributed by atoms with van der Waals surface area (Å²) < 4.78 is 34.7. The molecule has 0 fully saturated rings. The summed E-state index contributed by atoms with van der Waals surface area (Å²) in [5.74, 6) is -0.349. The predicted octanol–water partition coefficient (Wildman–Crippen LogP) is 4.99. The van der Waals surface area contributed by atoms with Crippen LogP contribution < -0.4 is 14.4 Å². The van der Waals surface area contributed by atoms with E-state index in [9.17, 15) is 18.0 Å². The van der Waals surface area contributed by atoms with Gasteiger partial charge in [0, 0.05) is 16.6 Å². The maximum Gasteiger partial charge on any atom is 0.264 e. The molecule has 208 valence electrons. The summed E-state index contributed by atoms with van der Waals surface area (Å²) in [5, 5.41) is 2.92. The van der Waals surface area contributed by atoms with E-state index in [1.54, 1.807) is 49.4 Å². The molecule has 0 aliphatic rings. The van der Waals surface area contributed by atoms with E-state index in [2.05, 4.69) is 21.2 Å². The molecule has 10 heteroatoms. The van der Waals surface area contributed by atoms with Crippen LogP contribution in [0.4, 0.5) is 5.69 Å². The Morgan fingerprint density at radius 2 is 1.62 bits per heavy atom. The first kappa shape index (κ1) is 30.2. The van der Waals surface area contributed by atoms with E-state index >= 15 is 0 Å². The van der Waals surface area contributed by atoms with Gasteiger partial charge in [-0.3, -0.25) is 13.9 Å². The van der Waals surface area contributed by atoms with E-state index in [-0.39, 0.29) is 17.3 Å². The highest BCUT2D eigenvalue weighted by Gasteiger charge is 2.33. The van der Waals surface area contributed by atoms with Gasteiger partial charge >= 0.3 is 0 Å². The number of para-hydroxylation sites is 1. The Balaban J connectivity index is 2.01. The minimum Gasteiger partial charge on any atom is -0.497 e. The molecule has 39 heavy (non-hydrogen) atoms. The third-order valence-electron chi connectivity index (χ3n) is 5.88. The molecular formula is C29H34BrN3O5S. The monoisotopic (exact) mass is 615 g/mol. The second-order valence-electron chi connectivity index (χ2n) is 10.1. The summed E-state index contributed by atoms with van der Waals surface area (Å²) in [4.78, 5) is 28.5. The highest BCUT2D eigenvalue weighted by Crippen LogP contribution is 2.26. The van der Waals surface area contributed by atoms with E-state index in [1.807, 2.05) is 45.0 Å². The van der Waals surface area contributed by atoms with Gasteiger partial charge in [0.2, 0.25) is 11.8 Å². The lowest BCUT2D eigenvalue weighted by Gasteiger charge is -2.33. The molecule has 1 N–H and O–H groups in total. The molecular weight excluding hydrogens is 582 g/mol.